The van der Waals surface area contributed by atoms with Crippen molar-refractivity contribution in [3.05, 3.63) is 29.6 Å². The smallest absolute Gasteiger partial charge is 0.326 e. The van der Waals surface area contributed by atoms with Gasteiger partial charge < -0.3 is 14.9 Å². The van der Waals surface area contributed by atoms with E-state index in [9.17, 15) is 23.9 Å². The lowest BCUT2D eigenvalue weighted by atomic mass is 10.00. The second-order valence-electron chi connectivity index (χ2n) is 6.51. The Morgan fingerprint density at radius 3 is 2.80 bits per heavy atom. The fraction of sp³-hybridized carbons (Fsp3) is 0.500. The highest BCUT2D eigenvalue weighted by molar-refractivity contribution is 5.97. The minimum Gasteiger partial charge on any atom is -0.480 e. The van der Waals surface area contributed by atoms with E-state index in [-0.39, 0.29) is 37.0 Å². The number of fused-ring (bicyclic) bond motifs is 1. The van der Waals surface area contributed by atoms with Crippen LogP contribution in [0, 0.1) is 5.82 Å². The quantitative estimate of drug-likeness (QED) is 0.902. The van der Waals surface area contributed by atoms with Gasteiger partial charge in [-0.2, -0.15) is 0 Å². The van der Waals surface area contributed by atoms with Crippen molar-refractivity contribution in [2.75, 3.05) is 18.0 Å². The van der Waals surface area contributed by atoms with Gasteiger partial charge in [0, 0.05) is 31.6 Å². The lowest BCUT2D eigenvalue weighted by Gasteiger charge is -2.34. The van der Waals surface area contributed by atoms with Crippen molar-refractivity contribution in [3.8, 4) is 0 Å². The van der Waals surface area contributed by atoms with Crippen LogP contribution in [0.3, 0.4) is 0 Å². The summed E-state index contributed by atoms with van der Waals surface area (Å²) in [6, 6.07) is 3.51. The van der Waals surface area contributed by atoms with Crippen LogP contribution < -0.4 is 4.90 Å². The number of nitrogens with zero attached hydrogens (tertiary/aromatic N) is 2. The van der Waals surface area contributed by atoms with E-state index in [1.807, 2.05) is 0 Å². The molecule has 2 aliphatic rings. The predicted octanol–water partition coefficient (Wildman–Crippen LogP) is 1.96. The number of benzene rings is 1. The molecule has 2 aliphatic heterocycles. The van der Waals surface area contributed by atoms with E-state index < -0.39 is 12.0 Å². The van der Waals surface area contributed by atoms with Gasteiger partial charge in [-0.25, -0.2) is 9.18 Å². The molecule has 1 saturated heterocycles. The summed E-state index contributed by atoms with van der Waals surface area (Å²) in [5, 5.41) is 9.28. The maximum Gasteiger partial charge on any atom is 0.326 e. The van der Waals surface area contributed by atoms with Crippen LogP contribution in [0.1, 0.15) is 37.7 Å². The van der Waals surface area contributed by atoms with Crippen molar-refractivity contribution >= 4 is 23.5 Å². The summed E-state index contributed by atoms with van der Waals surface area (Å²) in [6.45, 7) is 0.616. The molecule has 25 heavy (non-hydrogen) atoms. The zero-order valence-electron chi connectivity index (χ0n) is 13.9. The summed E-state index contributed by atoms with van der Waals surface area (Å²) in [6.07, 6.45) is 2.89. The van der Waals surface area contributed by atoms with Crippen LogP contribution in [0.2, 0.25) is 0 Å². The molecule has 0 aromatic heterocycles. The first-order valence-electron chi connectivity index (χ1n) is 8.58. The normalized spacial score (nSPS) is 20.4. The molecular formula is C18H21FN2O4. The molecule has 0 saturated carbocycles. The molecule has 1 aromatic carbocycles. The van der Waals surface area contributed by atoms with Gasteiger partial charge in [-0.3, -0.25) is 9.59 Å². The Kier molecular flexibility index (Phi) is 5.01. The molecule has 3 rings (SSSR count). The summed E-state index contributed by atoms with van der Waals surface area (Å²) in [4.78, 5) is 39.0. The number of carbonyl (C=O) groups excluding carboxylic acids is 2. The standard InChI is InChI=1S/C18H21FN2O4/c19-13-5-6-14-12(11-13)4-7-16(22)21(14)10-8-17(23)20-9-2-1-3-15(20)18(24)25/h5-6,11,15H,1-4,7-10H2,(H,24,25)/t15-/m0/s1. The zero-order chi connectivity index (χ0) is 18.0. The number of amides is 2. The third-order valence-electron chi connectivity index (χ3n) is 4.90. The molecule has 0 bridgehead atoms. The number of hydrogen-bond acceptors (Lipinski definition) is 3. The fourth-order valence-corrected chi connectivity index (χ4v) is 3.61. The monoisotopic (exact) mass is 348 g/mol. The molecule has 1 aromatic rings. The summed E-state index contributed by atoms with van der Waals surface area (Å²) in [5.41, 5.74) is 1.40. The van der Waals surface area contributed by atoms with E-state index in [1.54, 1.807) is 6.07 Å². The lowest BCUT2D eigenvalue weighted by molar-refractivity contribution is -0.152. The Morgan fingerprint density at radius 1 is 1.24 bits per heavy atom. The number of anilines is 1. The van der Waals surface area contributed by atoms with Crippen LogP contribution in [0.25, 0.3) is 0 Å². The average Bonchev–Trinajstić information content (AvgIpc) is 2.60. The van der Waals surface area contributed by atoms with Gasteiger partial charge in [0.05, 0.1) is 0 Å². The minimum atomic E-state index is -0.983. The Labute approximate surface area is 145 Å². The second-order valence-corrected chi connectivity index (χ2v) is 6.51. The van der Waals surface area contributed by atoms with E-state index in [0.29, 0.717) is 25.1 Å². The van der Waals surface area contributed by atoms with Gasteiger partial charge in [0.2, 0.25) is 11.8 Å². The van der Waals surface area contributed by atoms with Crippen molar-refractivity contribution in [3.63, 3.8) is 0 Å². The first-order chi connectivity index (χ1) is 12.0. The van der Waals surface area contributed by atoms with Crippen molar-refractivity contribution in [2.45, 2.75) is 44.6 Å². The second kappa shape index (κ2) is 7.21. The molecule has 1 N–H and O–H groups in total. The average molecular weight is 348 g/mol. The van der Waals surface area contributed by atoms with Crippen molar-refractivity contribution < 1.29 is 23.9 Å². The Balaban J connectivity index is 1.69. The van der Waals surface area contributed by atoms with Gasteiger partial charge >= 0.3 is 5.97 Å². The van der Waals surface area contributed by atoms with Crippen molar-refractivity contribution in [1.29, 1.82) is 0 Å². The van der Waals surface area contributed by atoms with Crippen LogP contribution in [0.5, 0.6) is 0 Å². The number of piperidine rings is 1. The number of carboxylic acid groups (broad SMARTS) is 1. The molecule has 134 valence electrons. The zero-order valence-corrected chi connectivity index (χ0v) is 13.9. The first-order valence-corrected chi connectivity index (χ1v) is 8.58. The molecule has 7 heteroatoms. The Morgan fingerprint density at radius 2 is 2.04 bits per heavy atom. The molecule has 6 nitrogen and oxygen atoms in total. The van der Waals surface area contributed by atoms with Gasteiger partial charge in [-0.1, -0.05) is 0 Å². The number of halogens is 1. The van der Waals surface area contributed by atoms with E-state index in [2.05, 4.69) is 0 Å². The van der Waals surface area contributed by atoms with Crippen molar-refractivity contribution in [1.82, 2.24) is 4.90 Å². The van der Waals surface area contributed by atoms with Crippen LogP contribution in [0.15, 0.2) is 18.2 Å². The first kappa shape index (κ1) is 17.4. The van der Waals surface area contributed by atoms with E-state index in [4.69, 9.17) is 0 Å². The third-order valence-corrected chi connectivity index (χ3v) is 4.90. The van der Waals surface area contributed by atoms with Crippen LogP contribution in [-0.4, -0.2) is 46.9 Å². The highest BCUT2D eigenvalue weighted by atomic mass is 19.1. The van der Waals surface area contributed by atoms with Crippen molar-refractivity contribution in [2.24, 2.45) is 0 Å². The molecule has 2 heterocycles. The maximum atomic E-state index is 13.4. The SMILES string of the molecule is O=C(O)[C@@H]1CCCCN1C(=O)CCN1C(=O)CCc2cc(F)ccc21. The molecule has 0 spiro atoms. The number of hydrogen-bond donors (Lipinski definition) is 1. The molecule has 1 atom stereocenters. The minimum absolute atomic E-state index is 0.0618. The van der Waals surface area contributed by atoms with Gasteiger partial charge in [0.25, 0.3) is 0 Å². The van der Waals surface area contributed by atoms with Gasteiger partial charge in [0.1, 0.15) is 11.9 Å². The molecule has 0 radical (unpaired) electrons. The number of carboxylic acids is 1. The summed E-state index contributed by atoms with van der Waals surface area (Å²) in [5.74, 6) is -1.68. The Bertz CT molecular complexity index is 706. The highest BCUT2D eigenvalue weighted by Gasteiger charge is 2.32. The number of rotatable bonds is 4. The topological polar surface area (TPSA) is 77.9 Å². The van der Waals surface area contributed by atoms with E-state index >= 15 is 0 Å². The maximum absolute atomic E-state index is 13.4. The lowest BCUT2D eigenvalue weighted by Crippen LogP contribution is -2.49. The largest absolute Gasteiger partial charge is 0.480 e. The number of likely N-dealkylation sites (tertiary alicyclic amines) is 1. The molecule has 0 unspecified atom stereocenters. The fourth-order valence-electron chi connectivity index (χ4n) is 3.61. The van der Waals surface area contributed by atoms with Gasteiger partial charge in [0.15, 0.2) is 0 Å². The number of carbonyl (C=O) groups is 3. The third kappa shape index (κ3) is 3.65. The molecule has 0 aliphatic carbocycles. The summed E-state index contributed by atoms with van der Waals surface area (Å²) < 4.78 is 13.4. The van der Waals surface area contributed by atoms with Gasteiger partial charge in [-0.05, 0) is 49.4 Å². The molecule has 2 amide bonds. The Hall–Kier alpha value is -2.44. The van der Waals surface area contributed by atoms with E-state index in [0.717, 1.165) is 18.4 Å². The van der Waals surface area contributed by atoms with Crippen LogP contribution >= 0.6 is 0 Å². The molecular weight excluding hydrogens is 327 g/mol. The van der Waals surface area contributed by atoms with Crippen LogP contribution in [0.4, 0.5) is 10.1 Å². The predicted molar refractivity (Wildman–Crippen MR) is 88.7 cm³/mol. The summed E-state index contributed by atoms with van der Waals surface area (Å²) >= 11 is 0. The highest BCUT2D eigenvalue weighted by Crippen LogP contribution is 2.29. The van der Waals surface area contributed by atoms with Crippen LogP contribution in [-0.2, 0) is 20.8 Å². The van der Waals surface area contributed by atoms with Gasteiger partial charge in [-0.15, -0.1) is 0 Å². The van der Waals surface area contributed by atoms with E-state index in [1.165, 1.54) is 21.9 Å². The molecule has 1 fully saturated rings. The number of aryl methyl sites for hydroxylation is 1. The number of aliphatic carboxylic acids is 1. The summed E-state index contributed by atoms with van der Waals surface area (Å²) in [7, 11) is 0.